The first-order chi connectivity index (χ1) is 15.0. The number of fused-ring (bicyclic) bond motifs is 1. The molecule has 0 unspecified atom stereocenters. The first-order valence-corrected chi connectivity index (χ1v) is 9.93. The molecule has 0 atom stereocenters. The number of aromatic nitrogens is 3. The Morgan fingerprint density at radius 3 is 2.55 bits per heavy atom. The van der Waals surface area contributed by atoms with Crippen molar-refractivity contribution in [3.63, 3.8) is 0 Å². The van der Waals surface area contributed by atoms with Gasteiger partial charge in [0, 0.05) is 50.4 Å². The second kappa shape index (κ2) is 8.87. The molecule has 0 saturated carbocycles. The van der Waals surface area contributed by atoms with Gasteiger partial charge in [0.1, 0.15) is 11.6 Å². The minimum atomic E-state index is -0.290. The van der Waals surface area contributed by atoms with Crippen molar-refractivity contribution in [1.82, 2.24) is 19.9 Å². The summed E-state index contributed by atoms with van der Waals surface area (Å²) < 4.78 is 13.7. The third kappa shape index (κ3) is 4.66. The Hall–Kier alpha value is -3.87. The molecule has 0 bridgehead atoms. The van der Waals surface area contributed by atoms with Gasteiger partial charge in [-0.1, -0.05) is 18.2 Å². The van der Waals surface area contributed by atoms with E-state index in [1.807, 2.05) is 36.4 Å². The summed E-state index contributed by atoms with van der Waals surface area (Å²) in [7, 11) is 3.46. The summed E-state index contributed by atoms with van der Waals surface area (Å²) in [6.45, 7) is 0.430. The summed E-state index contributed by atoms with van der Waals surface area (Å²) in [5, 5.41) is 4.08. The Kier molecular flexibility index (Phi) is 5.84. The molecule has 4 aromatic rings. The SMILES string of the molecule is CN(C)C(=O)CCNc1nc(-c2cccnc2)nc2ccc(-c3cccc(F)c3)cc12. The molecule has 2 heterocycles. The van der Waals surface area contributed by atoms with E-state index in [1.165, 1.54) is 12.1 Å². The van der Waals surface area contributed by atoms with Gasteiger partial charge in [-0.05, 0) is 47.5 Å². The van der Waals surface area contributed by atoms with Gasteiger partial charge in [0.15, 0.2) is 5.82 Å². The summed E-state index contributed by atoms with van der Waals surface area (Å²) >= 11 is 0. The lowest BCUT2D eigenvalue weighted by Gasteiger charge is -2.14. The lowest BCUT2D eigenvalue weighted by Crippen LogP contribution is -2.24. The highest BCUT2D eigenvalue weighted by Crippen LogP contribution is 2.29. The van der Waals surface area contributed by atoms with Crippen LogP contribution in [0.25, 0.3) is 33.4 Å². The molecule has 0 aliphatic rings. The van der Waals surface area contributed by atoms with Gasteiger partial charge < -0.3 is 10.2 Å². The minimum absolute atomic E-state index is 0.0267. The predicted octanol–water partition coefficient (Wildman–Crippen LogP) is 4.39. The largest absolute Gasteiger partial charge is 0.369 e. The Bertz CT molecular complexity index is 1230. The number of amides is 1. The summed E-state index contributed by atoms with van der Waals surface area (Å²) in [6.07, 6.45) is 3.74. The molecule has 0 aliphatic heterocycles. The number of anilines is 1. The zero-order valence-corrected chi connectivity index (χ0v) is 17.3. The number of carbonyl (C=O) groups is 1. The van der Waals surface area contributed by atoms with Crippen LogP contribution < -0.4 is 5.32 Å². The first-order valence-electron chi connectivity index (χ1n) is 9.93. The van der Waals surface area contributed by atoms with E-state index in [9.17, 15) is 9.18 Å². The molecule has 2 aromatic carbocycles. The highest BCUT2D eigenvalue weighted by molar-refractivity contribution is 5.94. The molecule has 4 rings (SSSR count). The van der Waals surface area contributed by atoms with Gasteiger partial charge in [0.2, 0.25) is 5.91 Å². The molecule has 0 radical (unpaired) electrons. The van der Waals surface area contributed by atoms with Crippen molar-refractivity contribution in [2.75, 3.05) is 26.0 Å². The van der Waals surface area contributed by atoms with Gasteiger partial charge in [0.05, 0.1) is 5.52 Å². The molecule has 1 amide bonds. The van der Waals surface area contributed by atoms with Crippen LogP contribution in [-0.4, -0.2) is 46.4 Å². The van der Waals surface area contributed by atoms with Crippen LogP contribution in [0.4, 0.5) is 10.2 Å². The molecule has 2 aromatic heterocycles. The Labute approximate surface area is 179 Å². The number of nitrogens with zero attached hydrogens (tertiary/aromatic N) is 4. The number of hydrogen-bond acceptors (Lipinski definition) is 5. The standard InChI is InChI=1S/C24H22FN5O/c1-30(2)22(31)10-12-27-24-20-14-17(16-5-3-7-19(25)13-16)8-9-21(20)28-23(29-24)18-6-4-11-26-15-18/h3-9,11,13-15H,10,12H2,1-2H3,(H,27,28,29). The van der Waals surface area contributed by atoms with Crippen LogP contribution in [0.1, 0.15) is 6.42 Å². The quantitative estimate of drug-likeness (QED) is 0.506. The van der Waals surface area contributed by atoms with Crippen molar-refractivity contribution in [2.24, 2.45) is 0 Å². The van der Waals surface area contributed by atoms with Gasteiger partial charge in [0.25, 0.3) is 0 Å². The second-order valence-corrected chi connectivity index (χ2v) is 7.34. The average Bonchev–Trinajstić information content (AvgIpc) is 2.79. The minimum Gasteiger partial charge on any atom is -0.369 e. The summed E-state index contributed by atoms with van der Waals surface area (Å²) in [5.74, 6) is 0.898. The number of hydrogen-bond donors (Lipinski definition) is 1. The molecule has 6 nitrogen and oxygen atoms in total. The molecular weight excluding hydrogens is 393 g/mol. The van der Waals surface area contributed by atoms with E-state index in [4.69, 9.17) is 4.98 Å². The number of halogens is 1. The second-order valence-electron chi connectivity index (χ2n) is 7.34. The summed E-state index contributed by atoms with van der Waals surface area (Å²) in [4.78, 5) is 27.1. The smallest absolute Gasteiger partial charge is 0.223 e. The molecule has 0 fully saturated rings. The van der Waals surface area contributed by atoms with E-state index < -0.39 is 0 Å². The number of carbonyl (C=O) groups excluding carboxylic acids is 1. The number of pyridine rings is 1. The highest BCUT2D eigenvalue weighted by Gasteiger charge is 2.12. The van der Waals surface area contributed by atoms with Gasteiger partial charge in [-0.2, -0.15) is 0 Å². The molecule has 7 heteroatoms. The molecule has 0 spiro atoms. The fourth-order valence-corrected chi connectivity index (χ4v) is 3.25. The van der Waals surface area contributed by atoms with Crippen molar-refractivity contribution in [3.8, 4) is 22.5 Å². The number of benzene rings is 2. The molecular formula is C24H22FN5O. The van der Waals surface area contributed by atoms with E-state index in [2.05, 4.69) is 15.3 Å². The predicted molar refractivity (Wildman–Crippen MR) is 120 cm³/mol. The Morgan fingerprint density at radius 2 is 1.81 bits per heavy atom. The number of nitrogens with one attached hydrogen (secondary N) is 1. The van der Waals surface area contributed by atoms with Crippen molar-refractivity contribution in [3.05, 3.63) is 72.8 Å². The third-order valence-corrected chi connectivity index (χ3v) is 4.90. The summed E-state index contributed by atoms with van der Waals surface area (Å²) in [6, 6.07) is 15.9. The van der Waals surface area contributed by atoms with Crippen molar-refractivity contribution < 1.29 is 9.18 Å². The van der Waals surface area contributed by atoms with E-state index in [0.717, 1.165) is 27.6 Å². The third-order valence-electron chi connectivity index (χ3n) is 4.90. The Balaban J connectivity index is 1.76. The van der Waals surface area contributed by atoms with Crippen molar-refractivity contribution in [2.45, 2.75) is 6.42 Å². The topological polar surface area (TPSA) is 71.0 Å². The monoisotopic (exact) mass is 415 g/mol. The maximum absolute atomic E-state index is 13.7. The van der Waals surface area contributed by atoms with Gasteiger partial charge in [-0.3, -0.25) is 9.78 Å². The normalized spacial score (nSPS) is 10.8. The number of rotatable bonds is 6. The molecule has 1 N–H and O–H groups in total. The van der Waals surface area contributed by atoms with Crippen LogP contribution in [0.5, 0.6) is 0 Å². The molecule has 0 saturated heterocycles. The van der Waals surface area contributed by atoms with Gasteiger partial charge in [-0.15, -0.1) is 0 Å². The maximum Gasteiger partial charge on any atom is 0.223 e. The Morgan fingerprint density at radius 1 is 1.00 bits per heavy atom. The zero-order chi connectivity index (χ0) is 21.8. The van der Waals surface area contributed by atoms with E-state index in [1.54, 1.807) is 37.5 Å². The van der Waals surface area contributed by atoms with Crippen molar-refractivity contribution in [1.29, 1.82) is 0 Å². The fraction of sp³-hybridized carbons (Fsp3) is 0.167. The van der Waals surface area contributed by atoms with Gasteiger partial charge in [-0.25, -0.2) is 14.4 Å². The molecule has 156 valence electrons. The lowest BCUT2D eigenvalue weighted by molar-refractivity contribution is -0.128. The van der Waals surface area contributed by atoms with Crippen molar-refractivity contribution >= 4 is 22.6 Å². The van der Waals surface area contributed by atoms with E-state index in [-0.39, 0.29) is 11.7 Å². The summed E-state index contributed by atoms with van der Waals surface area (Å²) in [5.41, 5.74) is 3.17. The first kappa shape index (κ1) is 20.4. The van der Waals surface area contributed by atoms with Crippen LogP contribution >= 0.6 is 0 Å². The zero-order valence-electron chi connectivity index (χ0n) is 17.3. The van der Waals surface area contributed by atoms with E-state index >= 15 is 0 Å². The van der Waals surface area contributed by atoms with Crippen LogP contribution in [0.2, 0.25) is 0 Å². The van der Waals surface area contributed by atoms with Crippen LogP contribution in [0.15, 0.2) is 67.0 Å². The maximum atomic E-state index is 13.7. The van der Waals surface area contributed by atoms with Crippen LogP contribution in [-0.2, 0) is 4.79 Å². The van der Waals surface area contributed by atoms with Gasteiger partial charge >= 0.3 is 0 Å². The van der Waals surface area contributed by atoms with Crippen LogP contribution in [0.3, 0.4) is 0 Å². The highest BCUT2D eigenvalue weighted by atomic mass is 19.1. The lowest BCUT2D eigenvalue weighted by atomic mass is 10.0. The van der Waals surface area contributed by atoms with Crippen LogP contribution in [0, 0.1) is 5.82 Å². The molecule has 0 aliphatic carbocycles. The molecule has 31 heavy (non-hydrogen) atoms. The fourth-order valence-electron chi connectivity index (χ4n) is 3.25. The van der Waals surface area contributed by atoms with E-state index in [0.29, 0.717) is 24.6 Å². The average molecular weight is 415 g/mol.